The van der Waals surface area contributed by atoms with Crippen LogP contribution in [0.5, 0.6) is 0 Å². The summed E-state index contributed by atoms with van der Waals surface area (Å²) >= 11 is 18.4. The van der Waals surface area contributed by atoms with Gasteiger partial charge in [-0.3, -0.25) is 4.79 Å². The molecule has 20 nitrogen and oxygen atoms in total. The molecule has 10 atom stereocenters. The van der Waals surface area contributed by atoms with E-state index in [9.17, 15) is 38.7 Å². The molecule has 2 saturated heterocycles. The predicted octanol–water partition coefficient (Wildman–Crippen LogP) is 5.69. The first-order valence-corrected chi connectivity index (χ1v) is 24.4. The number of carbonyl (C=O) groups is 7. The van der Waals surface area contributed by atoms with Crippen LogP contribution in [0.3, 0.4) is 0 Å². The molecule has 2 fully saturated rings. The average Bonchev–Trinajstić information content (AvgIpc) is 3.49. The van der Waals surface area contributed by atoms with Crippen molar-refractivity contribution in [3.05, 3.63) is 179 Å². The van der Waals surface area contributed by atoms with Gasteiger partial charge in [0.15, 0.2) is 37.0 Å². The van der Waals surface area contributed by atoms with Crippen molar-refractivity contribution in [3.8, 4) is 0 Å². The van der Waals surface area contributed by atoms with E-state index in [4.69, 9.17) is 82.2 Å². The monoisotopic (exact) mass is 1110 g/mol. The number of halogens is 3. The first-order chi connectivity index (χ1) is 36.6. The van der Waals surface area contributed by atoms with Gasteiger partial charge in [0.05, 0.1) is 36.0 Å². The molecule has 0 bridgehead atoms. The number of carbonyl (C=O) groups excluding carboxylic acids is 7. The number of benzene rings is 5. The maximum absolute atomic E-state index is 14.2. The molecule has 2 amide bonds. The molecule has 76 heavy (non-hydrogen) atoms. The fourth-order valence-corrected chi connectivity index (χ4v) is 7.91. The van der Waals surface area contributed by atoms with Gasteiger partial charge < -0.3 is 63.1 Å². The summed E-state index contributed by atoms with van der Waals surface area (Å²) in [7, 11) is 0.974. The molecule has 5 aromatic rings. The van der Waals surface area contributed by atoms with Crippen molar-refractivity contribution in [2.45, 2.75) is 71.7 Å². The highest BCUT2D eigenvalue weighted by molar-refractivity contribution is 6.76. The lowest BCUT2D eigenvalue weighted by Crippen LogP contribution is -2.70. The minimum atomic E-state index is -2.72. The minimum absolute atomic E-state index is 0.0166. The Hall–Kier alpha value is -7.14. The Labute approximate surface area is 449 Å². The highest BCUT2D eigenvalue weighted by Crippen LogP contribution is 2.36. The van der Waals surface area contributed by atoms with Crippen LogP contribution < -0.4 is 10.6 Å². The first kappa shape index (κ1) is 56.6. The van der Waals surface area contributed by atoms with Gasteiger partial charge in [0.2, 0.25) is 0 Å². The third-order valence-corrected chi connectivity index (χ3v) is 12.0. The Kier molecular flexibility index (Phi) is 20.2. The van der Waals surface area contributed by atoms with Gasteiger partial charge in [-0.15, -0.1) is 0 Å². The van der Waals surface area contributed by atoms with Gasteiger partial charge in [0, 0.05) is 6.54 Å². The van der Waals surface area contributed by atoms with Crippen LogP contribution in [-0.2, 0) is 63.6 Å². The van der Waals surface area contributed by atoms with Crippen molar-refractivity contribution in [2.75, 3.05) is 26.9 Å². The number of aliphatic hydroxyl groups is 1. The lowest BCUT2D eigenvalue weighted by atomic mass is 9.94. The van der Waals surface area contributed by atoms with E-state index in [2.05, 4.69) is 10.6 Å². The van der Waals surface area contributed by atoms with Gasteiger partial charge in [0.25, 0.3) is 9.70 Å². The zero-order valence-corrected chi connectivity index (χ0v) is 42.3. The van der Waals surface area contributed by atoms with Crippen LogP contribution in [0.15, 0.2) is 152 Å². The van der Waals surface area contributed by atoms with Crippen LogP contribution in [0.2, 0.25) is 0 Å². The number of aliphatic hydroxyl groups excluding tert-OH is 1. The van der Waals surface area contributed by atoms with E-state index >= 15 is 0 Å². The fraction of sp³-hybridized carbons (Fsp3) is 0.302. The van der Waals surface area contributed by atoms with Crippen LogP contribution in [0.1, 0.15) is 47.0 Å². The molecule has 0 spiro atoms. The Balaban J connectivity index is 1.32. The summed E-state index contributed by atoms with van der Waals surface area (Å²) in [6.45, 7) is -1.50. The number of amides is 2. The van der Waals surface area contributed by atoms with E-state index in [0.717, 1.165) is 7.11 Å². The molecule has 0 unspecified atom stereocenters. The molecule has 0 radical (unpaired) electrons. The van der Waals surface area contributed by atoms with Gasteiger partial charge in [-0.05, 0) is 54.1 Å². The van der Waals surface area contributed by atoms with Crippen LogP contribution in [0, 0.1) is 0 Å². The molecule has 2 heterocycles. The summed E-state index contributed by atoms with van der Waals surface area (Å²) in [4.78, 5) is 95.8. The number of esters is 5. The van der Waals surface area contributed by atoms with Crippen molar-refractivity contribution in [3.63, 3.8) is 0 Å². The molecule has 400 valence electrons. The minimum Gasteiger partial charge on any atom is -0.467 e. The quantitative estimate of drug-likeness (QED) is 0.0389. The summed E-state index contributed by atoms with van der Waals surface area (Å²) in [6.07, 6.45) is -18.6. The van der Waals surface area contributed by atoms with E-state index < -0.39 is 120 Å². The molecule has 0 saturated carbocycles. The summed E-state index contributed by atoms with van der Waals surface area (Å²) in [5.41, 5.74) is 0.727. The number of methoxy groups -OCH3 is 1. The molecular formula is C53H49Cl3N2O18. The van der Waals surface area contributed by atoms with Crippen molar-refractivity contribution in [2.24, 2.45) is 0 Å². The molecule has 3 N–H and O–H groups in total. The Morgan fingerprint density at radius 1 is 0.579 bits per heavy atom. The zero-order valence-electron chi connectivity index (χ0n) is 40.1. The number of hydrogen-bond donors (Lipinski definition) is 3. The molecular weight excluding hydrogens is 1060 g/mol. The standard InChI is InChI=1S/C53H49Cl3N2O18/c1-67-48(64)42-38(59)41(73-46(62)34-23-13-5-14-24-34)43(74-47(63)35-25-15-6-16-26-35)50(76-42)75-40-37(58-51(65)53(54,55)56)49(68-28-27-57-52(66)70-29-31-17-7-2-8-18-31)71-36(30-69-44(60)32-19-9-3-10-20-32)39(40)72-45(61)33-21-11-4-12-22-33/h2-26,36-43,49-50,59H,27-30H2,1H3,(H,57,66)(H,58,65)/t36-,37-,38+,39+,40-,41+,42+,43-,49-,50-/m1/s1. The van der Waals surface area contributed by atoms with E-state index in [1.54, 1.807) is 66.7 Å². The van der Waals surface area contributed by atoms with Crippen LogP contribution in [0.25, 0.3) is 0 Å². The highest BCUT2D eigenvalue weighted by atomic mass is 35.6. The third kappa shape index (κ3) is 15.3. The maximum Gasteiger partial charge on any atom is 0.407 e. The lowest BCUT2D eigenvalue weighted by Gasteiger charge is -2.49. The predicted molar refractivity (Wildman–Crippen MR) is 267 cm³/mol. The summed E-state index contributed by atoms with van der Waals surface area (Å²) in [5.74, 6) is -6.58. The molecule has 2 aliphatic heterocycles. The molecule has 7 rings (SSSR count). The van der Waals surface area contributed by atoms with Crippen LogP contribution in [-0.4, -0.2) is 139 Å². The molecule has 23 heteroatoms. The first-order valence-electron chi connectivity index (χ1n) is 23.3. The third-order valence-electron chi connectivity index (χ3n) is 11.5. The maximum atomic E-state index is 14.2. The van der Waals surface area contributed by atoms with Crippen molar-refractivity contribution >= 4 is 76.6 Å². The van der Waals surface area contributed by atoms with E-state index in [-0.39, 0.29) is 35.4 Å². The Morgan fingerprint density at radius 3 is 1.55 bits per heavy atom. The zero-order chi connectivity index (χ0) is 54.2. The van der Waals surface area contributed by atoms with Crippen LogP contribution >= 0.6 is 34.8 Å². The second-order valence-corrected chi connectivity index (χ2v) is 18.9. The number of alkyl carbamates (subject to hydrolysis) is 1. The average molecular weight is 1110 g/mol. The SMILES string of the molecule is COC(=O)[C@H]1O[C@@H](O[C@@H]2[C@@H](NC(=O)C(Cl)(Cl)Cl)[C@H](OCCNC(=O)OCc3ccccc3)O[C@H](COC(=O)c3ccccc3)[C@@H]2OC(=O)c2ccccc2)[C@H](OC(=O)c2ccccc2)[C@@H](OC(=O)c2ccccc2)[C@@H]1O. The second-order valence-electron chi connectivity index (χ2n) is 16.6. The van der Waals surface area contributed by atoms with E-state index in [0.29, 0.717) is 5.56 Å². The van der Waals surface area contributed by atoms with Gasteiger partial charge in [-0.25, -0.2) is 28.8 Å². The number of nitrogens with one attached hydrogen (secondary N) is 2. The fourth-order valence-electron chi connectivity index (χ4n) is 7.74. The number of alkyl halides is 3. The largest absolute Gasteiger partial charge is 0.467 e. The van der Waals surface area contributed by atoms with Crippen molar-refractivity contribution in [1.29, 1.82) is 0 Å². The number of ether oxygens (including phenoxy) is 10. The van der Waals surface area contributed by atoms with Crippen molar-refractivity contribution in [1.82, 2.24) is 10.6 Å². The number of rotatable bonds is 19. The second kappa shape index (κ2) is 27.1. The smallest absolute Gasteiger partial charge is 0.407 e. The molecule has 2 aliphatic rings. The van der Waals surface area contributed by atoms with Gasteiger partial charge in [-0.2, -0.15) is 0 Å². The van der Waals surface area contributed by atoms with Crippen molar-refractivity contribution < 1.29 is 86.0 Å². The number of hydrogen-bond acceptors (Lipinski definition) is 18. The Morgan fingerprint density at radius 2 is 1.05 bits per heavy atom. The van der Waals surface area contributed by atoms with Gasteiger partial charge in [-0.1, -0.05) is 138 Å². The molecule has 0 aliphatic carbocycles. The lowest BCUT2D eigenvalue weighted by molar-refractivity contribution is -0.338. The highest BCUT2D eigenvalue weighted by Gasteiger charge is 2.58. The van der Waals surface area contributed by atoms with Crippen LogP contribution in [0.4, 0.5) is 4.79 Å². The topological polar surface area (TPSA) is 256 Å². The normalized spacial score (nSPS) is 23.1. The summed E-state index contributed by atoms with van der Waals surface area (Å²) in [5, 5.41) is 16.9. The summed E-state index contributed by atoms with van der Waals surface area (Å²) in [6, 6.07) is 37.2. The van der Waals surface area contributed by atoms with E-state index in [1.807, 2.05) is 0 Å². The van der Waals surface area contributed by atoms with E-state index in [1.165, 1.54) is 84.9 Å². The Bertz CT molecular complexity index is 2740. The van der Waals surface area contributed by atoms with Gasteiger partial charge in [0.1, 0.15) is 37.6 Å². The van der Waals surface area contributed by atoms with Gasteiger partial charge >= 0.3 is 35.9 Å². The molecule has 5 aromatic carbocycles. The summed E-state index contributed by atoms with van der Waals surface area (Å²) < 4.78 is 56.6. The molecule has 0 aromatic heterocycles.